The molecule has 1 amide bonds. The molecule has 11 heteroatoms. The van der Waals surface area contributed by atoms with Gasteiger partial charge in [0.05, 0.1) is 22.5 Å². The largest absolute Gasteiger partial charge is 0.323 e. The number of rotatable bonds is 9. The molecule has 0 spiro atoms. The molecule has 1 N–H and O–H groups in total. The molecule has 0 aliphatic rings. The number of thioether (sulfide) groups is 1. The van der Waals surface area contributed by atoms with E-state index >= 15 is 0 Å². The molecule has 0 atom stereocenters. The molecule has 0 aliphatic carbocycles. The number of para-hydroxylation sites is 1. The van der Waals surface area contributed by atoms with E-state index in [1.54, 1.807) is 23.9 Å². The molecule has 8 nitrogen and oxygen atoms in total. The summed E-state index contributed by atoms with van der Waals surface area (Å²) in [5.74, 6) is 0.319. The number of carbonyl (C=O) groups excluding carboxylic acids is 1. The van der Waals surface area contributed by atoms with E-state index in [0.717, 1.165) is 25.5 Å². The van der Waals surface area contributed by atoms with Crippen LogP contribution in [0.4, 0.5) is 11.4 Å². The first-order valence-electron chi connectivity index (χ1n) is 8.98. The zero-order chi connectivity index (χ0) is 22.5. The van der Waals surface area contributed by atoms with Crippen LogP contribution in [-0.4, -0.2) is 59.7 Å². The highest BCUT2D eigenvalue weighted by Gasteiger charge is 2.23. The lowest BCUT2D eigenvalue weighted by Crippen LogP contribution is -2.37. The van der Waals surface area contributed by atoms with Gasteiger partial charge in [0.25, 0.3) is 0 Å². The Hall–Kier alpha value is -2.08. The minimum Gasteiger partial charge on any atom is -0.323 e. The molecule has 0 saturated carbocycles. The number of benzene rings is 2. The smallest absolute Gasteiger partial charge is 0.245 e. The van der Waals surface area contributed by atoms with E-state index < -0.39 is 32.5 Å². The fraction of sp³-hybridized carbons (Fsp3) is 0.316. The van der Waals surface area contributed by atoms with Crippen LogP contribution in [0.5, 0.6) is 0 Å². The zero-order valence-corrected chi connectivity index (χ0v) is 19.6. The monoisotopic (exact) mass is 471 g/mol. The lowest BCUT2D eigenvalue weighted by atomic mass is 10.3. The van der Waals surface area contributed by atoms with Crippen molar-refractivity contribution < 1.29 is 21.6 Å². The van der Waals surface area contributed by atoms with Gasteiger partial charge < -0.3 is 5.32 Å². The average Bonchev–Trinajstić information content (AvgIpc) is 2.67. The summed E-state index contributed by atoms with van der Waals surface area (Å²) in [5.41, 5.74) is 0.803. The number of amides is 1. The number of carbonyl (C=O) groups is 1. The van der Waals surface area contributed by atoms with Gasteiger partial charge in [0.15, 0.2) is 0 Å². The molecule has 164 valence electrons. The van der Waals surface area contributed by atoms with Crippen LogP contribution in [-0.2, 0) is 24.8 Å². The van der Waals surface area contributed by atoms with Gasteiger partial charge in [0, 0.05) is 19.0 Å². The van der Waals surface area contributed by atoms with Gasteiger partial charge in [-0.25, -0.2) is 21.1 Å². The second kappa shape index (κ2) is 9.82. The van der Waals surface area contributed by atoms with Crippen LogP contribution in [0.15, 0.2) is 58.3 Å². The lowest BCUT2D eigenvalue weighted by Gasteiger charge is -2.22. The van der Waals surface area contributed by atoms with Crippen molar-refractivity contribution in [2.24, 2.45) is 0 Å². The number of anilines is 2. The Kier molecular flexibility index (Phi) is 7.92. The highest BCUT2D eigenvalue weighted by atomic mass is 32.2. The molecule has 2 aromatic rings. The molecule has 0 saturated heterocycles. The van der Waals surface area contributed by atoms with Crippen molar-refractivity contribution in [2.45, 2.75) is 16.7 Å². The third-order valence-corrected chi connectivity index (χ3v) is 7.98. The topological polar surface area (TPSA) is 104 Å². The summed E-state index contributed by atoms with van der Waals surface area (Å²) in [4.78, 5) is 13.5. The van der Waals surface area contributed by atoms with Crippen LogP contribution in [0.1, 0.15) is 6.92 Å². The van der Waals surface area contributed by atoms with Crippen molar-refractivity contribution in [3.63, 3.8) is 0 Å². The first kappa shape index (κ1) is 24.2. The molecule has 0 radical (unpaired) electrons. The van der Waals surface area contributed by atoms with Gasteiger partial charge >= 0.3 is 0 Å². The van der Waals surface area contributed by atoms with Crippen molar-refractivity contribution in [3.05, 3.63) is 48.5 Å². The molecule has 0 unspecified atom stereocenters. The van der Waals surface area contributed by atoms with Gasteiger partial charge in [0.1, 0.15) is 6.54 Å². The van der Waals surface area contributed by atoms with E-state index in [9.17, 15) is 21.6 Å². The number of nitrogens with one attached hydrogen (secondary N) is 1. The summed E-state index contributed by atoms with van der Waals surface area (Å²) < 4.78 is 51.0. The standard InChI is InChI=1S/C19H25N3O5S3/c1-5-28-18-9-7-6-8-17(18)20-19(23)14-22(29(4,24)25)15-10-12-16(13-11-15)30(26,27)21(2)3/h6-13H,5,14H2,1-4H3,(H,20,23). The van der Waals surface area contributed by atoms with Crippen molar-refractivity contribution in [1.82, 2.24) is 4.31 Å². The van der Waals surface area contributed by atoms with E-state index in [-0.39, 0.29) is 10.6 Å². The van der Waals surface area contributed by atoms with Crippen molar-refractivity contribution in [3.8, 4) is 0 Å². The van der Waals surface area contributed by atoms with Crippen LogP contribution in [0.3, 0.4) is 0 Å². The number of sulfonamides is 2. The predicted molar refractivity (Wildman–Crippen MR) is 121 cm³/mol. The van der Waals surface area contributed by atoms with Crippen LogP contribution in [0.25, 0.3) is 0 Å². The SMILES string of the molecule is CCSc1ccccc1NC(=O)CN(c1ccc(S(=O)(=O)N(C)C)cc1)S(C)(=O)=O. The first-order valence-corrected chi connectivity index (χ1v) is 13.3. The quantitative estimate of drug-likeness (QED) is 0.564. The molecule has 2 rings (SSSR count). The van der Waals surface area contributed by atoms with E-state index in [1.165, 1.54) is 38.4 Å². The fourth-order valence-corrected chi connectivity index (χ4v) is 5.09. The van der Waals surface area contributed by atoms with Crippen molar-refractivity contribution in [2.75, 3.05) is 42.3 Å². The summed E-state index contributed by atoms with van der Waals surface area (Å²) in [6.45, 7) is 1.55. The van der Waals surface area contributed by atoms with Gasteiger partial charge in [-0.05, 0) is 42.2 Å². The fourth-order valence-electron chi connectivity index (χ4n) is 2.57. The van der Waals surface area contributed by atoms with E-state index in [1.807, 2.05) is 19.1 Å². The van der Waals surface area contributed by atoms with Crippen LogP contribution in [0.2, 0.25) is 0 Å². The average molecular weight is 472 g/mol. The predicted octanol–water partition coefficient (Wildman–Crippen LogP) is 2.45. The number of hydrogen-bond donors (Lipinski definition) is 1. The summed E-state index contributed by atoms with van der Waals surface area (Å²) in [7, 11) is -4.61. The molecule has 0 fully saturated rings. The van der Waals surface area contributed by atoms with Crippen LogP contribution < -0.4 is 9.62 Å². The second-order valence-corrected chi connectivity index (χ2v) is 11.9. The molecule has 0 aliphatic heterocycles. The minimum absolute atomic E-state index is 0.0275. The summed E-state index contributed by atoms with van der Waals surface area (Å²) >= 11 is 1.56. The van der Waals surface area contributed by atoms with Gasteiger partial charge in [-0.15, -0.1) is 11.8 Å². The maximum absolute atomic E-state index is 12.6. The van der Waals surface area contributed by atoms with Gasteiger partial charge in [-0.2, -0.15) is 0 Å². The summed E-state index contributed by atoms with van der Waals surface area (Å²) in [6, 6.07) is 12.6. The van der Waals surface area contributed by atoms with Gasteiger partial charge in [-0.3, -0.25) is 9.10 Å². The molecule has 0 aromatic heterocycles. The van der Waals surface area contributed by atoms with Gasteiger partial charge in [-0.1, -0.05) is 19.1 Å². The Bertz CT molecular complexity index is 1100. The maximum atomic E-state index is 12.6. The molecule has 2 aromatic carbocycles. The Morgan fingerprint density at radius 1 is 1.00 bits per heavy atom. The van der Waals surface area contributed by atoms with Crippen molar-refractivity contribution >= 4 is 49.1 Å². The zero-order valence-electron chi connectivity index (χ0n) is 17.2. The molecule has 0 heterocycles. The van der Waals surface area contributed by atoms with Gasteiger partial charge in [0.2, 0.25) is 26.0 Å². The molecule has 0 bridgehead atoms. The molecular formula is C19H25N3O5S3. The third-order valence-electron chi connectivity index (χ3n) is 4.05. The second-order valence-electron chi connectivity index (χ2n) is 6.53. The molecule has 30 heavy (non-hydrogen) atoms. The van der Waals surface area contributed by atoms with Crippen LogP contribution in [0, 0.1) is 0 Å². The lowest BCUT2D eigenvalue weighted by molar-refractivity contribution is -0.114. The Balaban J connectivity index is 2.27. The number of hydrogen-bond acceptors (Lipinski definition) is 6. The molecular weight excluding hydrogens is 446 g/mol. The highest BCUT2D eigenvalue weighted by Crippen LogP contribution is 2.27. The third kappa shape index (κ3) is 5.97. The highest BCUT2D eigenvalue weighted by molar-refractivity contribution is 7.99. The van der Waals surface area contributed by atoms with Crippen LogP contribution >= 0.6 is 11.8 Å². The first-order chi connectivity index (χ1) is 14.0. The van der Waals surface area contributed by atoms with E-state index in [0.29, 0.717) is 5.69 Å². The Morgan fingerprint density at radius 3 is 2.13 bits per heavy atom. The minimum atomic E-state index is -3.78. The van der Waals surface area contributed by atoms with Crippen molar-refractivity contribution in [1.29, 1.82) is 0 Å². The Morgan fingerprint density at radius 2 is 1.60 bits per heavy atom. The Labute approximate surface area is 182 Å². The maximum Gasteiger partial charge on any atom is 0.245 e. The number of nitrogens with zero attached hydrogens (tertiary/aromatic N) is 2. The normalized spacial score (nSPS) is 12.0. The van der Waals surface area contributed by atoms with E-state index in [2.05, 4.69) is 5.32 Å². The van der Waals surface area contributed by atoms with E-state index in [4.69, 9.17) is 0 Å². The summed E-state index contributed by atoms with van der Waals surface area (Å²) in [6.07, 6.45) is 0.992. The summed E-state index contributed by atoms with van der Waals surface area (Å²) in [5, 5.41) is 2.75.